The molecule has 0 bridgehead atoms. The van der Waals surface area contributed by atoms with Gasteiger partial charge in [-0.1, -0.05) is 35.3 Å². The fourth-order valence-electron chi connectivity index (χ4n) is 4.57. The molecule has 37 heavy (non-hydrogen) atoms. The summed E-state index contributed by atoms with van der Waals surface area (Å²) in [6.45, 7) is 8.42. The molecule has 1 aliphatic carbocycles. The van der Waals surface area contributed by atoms with E-state index in [1.54, 1.807) is 24.3 Å². The minimum absolute atomic E-state index is 0.156. The molecule has 0 saturated heterocycles. The van der Waals surface area contributed by atoms with Crippen LogP contribution in [0.15, 0.2) is 36.4 Å². The third-order valence-electron chi connectivity index (χ3n) is 6.62. The van der Waals surface area contributed by atoms with Crippen molar-refractivity contribution in [2.75, 3.05) is 18.5 Å². The summed E-state index contributed by atoms with van der Waals surface area (Å²) < 4.78 is 11.6. The minimum atomic E-state index is -1.33. The Balaban J connectivity index is 1.75. The lowest BCUT2D eigenvalue weighted by atomic mass is 9.91. The normalized spacial score (nSPS) is 18.0. The SMILES string of the molecule is CCOC1CCC(N(CC(=O)Nc2ccc(Cl)cc2Cl)Cc2ccc(OC(C)(C)C(=O)O)c(C)c2)CC1. The van der Waals surface area contributed by atoms with Crippen molar-refractivity contribution in [3.63, 3.8) is 0 Å². The number of halogens is 2. The molecular weight excluding hydrogens is 515 g/mol. The highest BCUT2D eigenvalue weighted by Crippen LogP contribution is 2.29. The van der Waals surface area contributed by atoms with Gasteiger partial charge in [0, 0.05) is 24.2 Å². The Morgan fingerprint density at radius 3 is 2.41 bits per heavy atom. The maximum Gasteiger partial charge on any atom is 0.347 e. The Kier molecular flexibility index (Phi) is 10.2. The van der Waals surface area contributed by atoms with Crippen LogP contribution in [0.4, 0.5) is 5.69 Å². The number of amides is 1. The van der Waals surface area contributed by atoms with Gasteiger partial charge in [-0.05, 0) is 88.8 Å². The van der Waals surface area contributed by atoms with Gasteiger partial charge in [0.1, 0.15) is 5.75 Å². The maximum absolute atomic E-state index is 13.1. The van der Waals surface area contributed by atoms with Crippen LogP contribution in [0.25, 0.3) is 0 Å². The Labute approximate surface area is 229 Å². The van der Waals surface area contributed by atoms with Gasteiger partial charge in [-0.15, -0.1) is 0 Å². The zero-order chi connectivity index (χ0) is 27.2. The molecule has 2 aromatic rings. The number of carbonyl (C=O) groups excluding carboxylic acids is 1. The molecule has 0 heterocycles. The van der Waals surface area contributed by atoms with Crippen LogP contribution in [0.3, 0.4) is 0 Å². The standard InChI is InChI=1S/C28H36Cl2N2O5/c1-5-36-22-10-8-21(9-11-22)32(17-26(33)31-24-12-7-20(29)15-23(24)30)16-19-6-13-25(18(2)14-19)37-28(3,4)27(34)35/h6-7,12-15,21-22H,5,8-11,16-17H2,1-4H3,(H,31,33)(H,34,35). The van der Waals surface area contributed by atoms with Crippen LogP contribution in [-0.2, 0) is 20.9 Å². The number of benzene rings is 2. The number of rotatable bonds is 11. The first-order valence-corrected chi connectivity index (χ1v) is 13.4. The van der Waals surface area contributed by atoms with E-state index in [-0.39, 0.29) is 24.6 Å². The summed E-state index contributed by atoms with van der Waals surface area (Å²) in [6, 6.07) is 10.9. The molecule has 0 aliphatic heterocycles. The van der Waals surface area contributed by atoms with Crippen LogP contribution < -0.4 is 10.1 Å². The summed E-state index contributed by atoms with van der Waals surface area (Å²) >= 11 is 12.2. The highest BCUT2D eigenvalue weighted by atomic mass is 35.5. The Morgan fingerprint density at radius 1 is 1.11 bits per heavy atom. The quantitative estimate of drug-likeness (QED) is 0.339. The Bertz CT molecular complexity index is 1100. The molecular formula is C28H36Cl2N2O5. The van der Waals surface area contributed by atoms with Crippen LogP contribution in [0.2, 0.25) is 10.0 Å². The minimum Gasteiger partial charge on any atom is -0.478 e. The lowest BCUT2D eigenvalue weighted by molar-refractivity contribution is -0.152. The number of carboxylic acids is 1. The number of hydrogen-bond acceptors (Lipinski definition) is 5. The van der Waals surface area contributed by atoms with Crippen molar-refractivity contribution in [3.05, 3.63) is 57.6 Å². The number of nitrogens with zero attached hydrogens (tertiary/aromatic N) is 1. The van der Waals surface area contributed by atoms with E-state index in [1.165, 1.54) is 13.8 Å². The van der Waals surface area contributed by atoms with Gasteiger partial charge >= 0.3 is 5.97 Å². The molecule has 0 unspecified atom stereocenters. The summed E-state index contributed by atoms with van der Waals surface area (Å²) in [5, 5.41) is 13.2. The van der Waals surface area contributed by atoms with Gasteiger partial charge in [0.2, 0.25) is 5.91 Å². The van der Waals surface area contributed by atoms with E-state index in [0.29, 0.717) is 34.6 Å². The first-order valence-electron chi connectivity index (χ1n) is 12.6. The lowest BCUT2D eigenvalue weighted by Crippen LogP contribution is -2.43. The topological polar surface area (TPSA) is 88.1 Å². The van der Waals surface area contributed by atoms with E-state index in [1.807, 2.05) is 26.0 Å². The summed E-state index contributed by atoms with van der Waals surface area (Å²) in [7, 11) is 0. The summed E-state index contributed by atoms with van der Waals surface area (Å²) in [4.78, 5) is 26.7. The second-order valence-corrected chi connectivity index (χ2v) is 10.8. The molecule has 0 radical (unpaired) electrons. The van der Waals surface area contributed by atoms with Crippen molar-refractivity contribution >= 4 is 40.8 Å². The van der Waals surface area contributed by atoms with E-state index >= 15 is 0 Å². The van der Waals surface area contributed by atoms with Crippen LogP contribution in [-0.4, -0.2) is 52.8 Å². The highest BCUT2D eigenvalue weighted by Gasteiger charge is 2.30. The number of carbonyl (C=O) groups is 2. The van der Waals surface area contributed by atoms with E-state index in [0.717, 1.165) is 36.8 Å². The zero-order valence-electron chi connectivity index (χ0n) is 21.9. The zero-order valence-corrected chi connectivity index (χ0v) is 23.4. The largest absolute Gasteiger partial charge is 0.478 e. The van der Waals surface area contributed by atoms with E-state index in [2.05, 4.69) is 10.2 Å². The molecule has 1 fully saturated rings. The predicted octanol–water partition coefficient (Wildman–Crippen LogP) is 6.33. The van der Waals surface area contributed by atoms with Crippen molar-refractivity contribution in [2.24, 2.45) is 0 Å². The molecule has 3 rings (SSSR count). The van der Waals surface area contributed by atoms with E-state index in [4.69, 9.17) is 32.7 Å². The van der Waals surface area contributed by atoms with Crippen LogP contribution in [0.1, 0.15) is 57.6 Å². The van der Waals surface area contributed by atoms with E-state index in [9.17, 15) is 14.7 Å². The van der Waals surface area contributed by atoms with Crippen LogP contribution >= 0.6 is 23.2 Å². The van der Waals surface area contributed by atoms with Gasteiger partial charge in [-0.3, -0.25) is 9.69 Å². The molecule has 1 aliphatic rings. The summed E-state index contributed by atoms with van der Waals surface area (Å²) in [5.74, 6) is -0.664. The number of carboxylic acid groups (broad SMARTS) is 1. The third kappa shape index (κ3) is 8.34. The Morgan fingerprint density at radius 2 is 1.81 bits per heavy atom. The highest BCUT2D eigenvalue weighted by molar-refractivity contribution is 6.36. The first kappa shape index (κ1) is 29.2. The second-order valence-electron chi connectivity index (χ2n) is 9.98. The predicted molar refractivity (Wildman–Crippen MR) is 147 cm³/mol. The number of nitrogens with one attached hydrogen (secondary N) is 1. The lowest BCUT2D eigenvalue weighted by Gasteiger charge is -2.36. The number of ether oxygens (including phenoxy) is 2. The molecule has 0 atom stereocenters. The van der Waals surface area contributed by atoms with Gasteiger partial charge in [-0.25, -0.2) is 4.79 Å². The van der Waals surface area contributed by atoms with Crippen molar-refractivity contribution in [3.8, 4) is 5.75 Å². The smallest absolute Gasteiger partial charge is 0.347 e. The molecule has 1 amide bonds. The fourth-order valence-corrected chi connectivity index (χ4v) is 5.03. The number of hydrogen-bond donors (Lipinski definition) is 2. The number of aliphatic carboxylic acids is 1. The molecule has 2 aromatic carbocycles. The average molecular weight is 552 g/mol. The molecule has 0 aromatic heterocycles. The molecule has 202 valence electrons. The first-order chi connectivity index (χ1) is 17.5. The van der Waals surface area contributed by atoms with Crippen LogP contribution in [0.5, 0.6) is 5.75 Å². The summed E-state index contributed by atoms with van der Waals surface area (Å²) in [6.07, 6.45) is 4.05. The summed E-state index contributed by atoms with van der Waals surface area (Å²) in [5.41, 5.74) is 1.04. The number of aryl methyl sites for hydroxylation is 1. The second kappa shape index (κ2) is 13.0. The molecule has 2 N–H and O–H groups in total. The van der Waals surface area contributed by atoms with Crippen molar-refractivity contribution in [1.82, 2.24) is 4.90 Å². The third-order valence-corrected chi connectivity index (χ3v) is 7.17. The number of anilines is 1. The monoisotopic (exact) mass is 550 g/mol. The van der Waals surface area contributed by atoms with Gasteiger partial charge < -0.3 is 19.9 Å². The average Bonchev–Trinajstić information content (AvgIpc) is 2.83. The maximum atomic E-state index is 13.1. The van der Waals surface area contributed by atoms with Crippen molar-refractivity contribution in [2.45, 2.75) is 77.7 Å². The van der Waals surface area contributed by atoms with Gasteiger partial charge in [0.25, 0.3) is 0 Å². The van der Waals surface area contributed by atoms with Crippen molar-refractivity contribution in [1.29, 1.82) is 0 Å². The van der Waals surface area contributed by atoms with Crippen LogP contribution in [0, 0.1) is 6.92 Å². The van der Waals surface area contributed by atoms with E-state index < -0.39 is 11.6 Å². The molecule has 1 saturated carbocycles. The van der Waals surface area contributed by atoms with Gasteiger partial charge in [0.05, 0.1) is 23.4 Å². The molecule has 9 heteroatoms. The molecule has 0 spiro atoms. The molecule has 7 nitrogen and oxygen atoms in total. The Hall–Kier alpha value is -2.32. The fraction of sp³-hybridized carbons (Fsp3) is 0.500. The van der Waals surface area contributed by atoms with Gasteiger partial charge in [-0.2, -0.15) is 0 Å². The van der Waals surface area contributed by atoms with Crippen molar-refractivity contribution < 1.29 is 24.2 Å². The van der Waals surface area contributed by atoms with Gasteiger partial charge in [0.15, 0.2) is 5.60 Å².